The summed E-state index contributed by atoms with van der Waals surface area (Å²) in [5.74, 6) is 0.893. The second-order valence-electron chi connectivity index (χ2n) is 8.95. The fourth-order valence-corrected chi connectivity index (χ4v) is 3.52. The van der Waals surface area contributed by atoms with E-state index in [-0.39, 0.29) is 11.6 Å². The number of ether oxygens (including phenoxy) is 1. The van der Waals surface area contributed by atoms with Crippen molar-refractivity contribution in [3.05, 3.63) is 53.6 Å². The molecule has 0 atom stereocenters. The summed E-state index contributed by atoms with van der Waals surface area (Å²) in [6.07, 6.45) is 3.80. The first-order valence-electron chi connectivity index (χ1n) is 10.7. The molecule has 0 aliphatic carbocycles. The molecule has 0 saturated carbocycles. The minimum atomic E-state index is -0.287. The number of carbonyl (C=O) groups excluding carboxylic acids is 1. The fourth-order valence-electron chi connectivity index (χ4n) is 3.52. The van der Waals surface area contributed by atoms with Gasteiger partial charge in [0.2, 0.25) is 0 Å². The molecule has 1 fully saturated rings. The highest BCUT2D eigenvalue weighted by atomic mass is 16.5. The largest absolute Gasteiger partial charge is 0.379 e. The number of benzene rings is 1. The predicted octanol–water partition coefficient (Wildman–Crippen LogP) is 2.88. The SMILES string of the molecule is Cc1ccccc1Cn1ccnc1CN(CCN1CCOCC1)C(=O)NC(C)(C)C. The van der Waals surface area contributed by atoms with Crippen LogP contribution in [0.5, 0.6) is 0 Å². The third-order valence-electron chi connectivity index (χ3n) is 5.29. The lowest BCUT2D eigenvalue weighted by atomic mass is 10.1. The molecule has 0 radical (unpaired) electrons. The van der Waals surface area contributed by atoms with E-state index in [1.807, 2.05) is 38.1 Å². The molecular formula is C23H35N5O2. The third-order valence-corrected chi connectivity index (χ3v) is 5.29. The Labute approximate surface area is 180 Å². The summed E-state index contributed by atoms with van der Waals surface area (Å²) >= 11 is 0. The van der Waals surface area contributed by atoms with Gasteiger partial charge < -0.3 is 19.5 Å². The highest BCUT2D eigenvalue weighted by Crippen LogP contribution is 2.13. The molecular weight excluding hydrogens is 378 g/mol. The maximum absolute atomic E-state index is 13.0. The van der Waals surface area contributed by atoms with E-state index in [2.05, 4.69) is 51.0 Å². The first-order chi connectivity index (χ1) is 14.3. The zero-order chi connectivity index (χ0) is 21.6. The molecule has 3 rings (SSSR count). The Morgan fingerprint density at radius 1 is 1.23 bits per heavy atom. The molecule has 1 aromatic heterocycles. The van der Waals surface area contributed by atoms with Crippen molar-refractivity contribution in [2.45, 2.75) is 46.3 Å². The number of imidazole rings is 1. The Kier molecular flexibility index (Phi) is 7.50. The first-order valence-corrected chi connectivity index (χ1v) is 10.7. The molecule has 1 saturated heterocycles. The maximum Gasteiger partial charge on any atom is 0.318 e. The topological polar surface area (TPSA) is 62.6 Å². The molecule has 30 heavy (non-hydrogen) atoms. The standard InChI is InChI=1S/C23H35N5O2/c1-19-7-5-6-8-20(19)17-27-10-9-24-21(27)18-28(22(29)25-23(2,3)4)12-11-26-13-15-30-16-14-26/h5-10H,11-18H2,1-4H3,(H,25,29). The molecule has 2 heterocycles. The maximum atomic E-state index is 13.0. The summed E-state index contributed by atoms with van der Waals surface area (Å²) < 4.78 is 7.57. The number of morpholine rings is 1. The summed E-state index contributed by atoms with van der Waals surface area (Å²) in [5, 5.41) is 3.10. The Bertz CT molecular complexity index is 821. The normalized spacial score (nSPS) is 15.2. The van der Waals surface area contributed by atoms with E-state index in [9.17, 15) is 4.79 Å². The summed E-state index contributed by atoms with van der Waals surface area (Å²) in [6.45, 7) is 14.2. The van der Waals surface area contributed by atoms with E-state index in [1.165, 1.54) is 11.1 Å². The number of urea groups is 1. The molecule has 2 amide bonds. The van der Waals surface area contributed by atoms with Crippen LogP contribution >= 0.6 is 0 Å². The average molecular weight is 414 g/mol. The molecule has 2 aromatic rings. The van der Waals surface area contributed by atoms with Gasteiger partial charge >= 0.3 is 6.03 Å². The average Bonchev–Trinajstić information content (AvgIpc) is 3.13. The van der Waals surface area contributed by atoms with Crippen molar-refractivity contribution in [3.8, 4) is 0 Å². The summed E-state index contributed by atoms with van der Waals surface area (Å²) in [4.78, 5) is 21.8. The number of rotatable bonds is 7. The van der Waals surface area contributed by atoms with E-state index >= 15 is 0 Å². The Balaban J connectivity index is 1.71. The molecule has 1 aliphatic rings. The van der Waals surface area contributed by atoms with Crippen LogP contribution in [0.25, 0.3) is 0 Å². The minimum Gasteiger partial charge on any atom is -0.379 e. The number of hydrogen-bond acceptors (Lipinski definition) is 4. The lowest BCUT2D eigenvalue weighted by molar-refractivity contribution is 0.0344. The van der Waals surface area contributed by atoms with Crippen molar-refractivity contribution in [2.75, 3.05) is 39.4 Å². The van der Waals surface area contributed by atoms with Crippen LogP contribution in [0.2, 0.25) is 0 Å². The second-order valence-corrected chi connectivity index (χ2v) is 8.95. The van der Waals surface area contributed by atoms with Gasteiger partial charge in [0.05, 0.1) is 19.8 Å². The minimum absolute atomic E-state index is 0.0544. The Morgan fingerprint density at radius 3 is 2.67 bits per heavy atom. The van der Waals surface area contributed by atoms with Crippen LogP contribution in [-0.4, -0.2) is 70.3 Å². The van der Waals surface area contributed by atoms with Crippen LogP contribution in [0, 0.1) is 6.92 Å². The van der Waals surface area contributed by atoms with Crippen molar-refractivity contribution < 1.29 is 9.53 Å². The number of hydrogen-bond donors (Lipinski definition) is 1. The molecule has 0 spiro atoms. The van der Waals surface area contributed by atoms with E-state index in [0.717, 1.165) is 45.2 Å². The summed E-state index contributed by atoms with van der Waals surface area (Å²) in [7, 11) is 0. The van der Waals surface area contributed by atoms with Gasteiger partial charge in [-0.05, 0) is 38.8 Å². The molecule has 7 nitrogen and oxygen atoms in total. The molecule has 1 aliphatic heterocycles. The predicted molar refractivity (Wildman–Crippen MR) is 118 cm³/mol. The van der Waals surface area contributed by atoms with Gasteiger partial charge in [0, 0.05) is 50.7 Å². The number of amides is 2. The van der Waals surface area contributed by atoms with Gasteiger partial charge in [-0.15, -0.1) is 0 Å². The van der Waals surface area contributed by atoms with Crippen LogP contribution in [-0.2, 0) is 17.8 Å². The van der Waals surface area contributed by atoms with Crippen molar-refractivity contribution in [1.29, 1.82) is 0 Å². The second kappa shape index (κ2) is 10.1. The number of nitrogens with zero attached hydrogens (tertiary/aromatic N) is 4. The smallest absolute Gasteiger partial charge is 0.318 e. The summed E-state index contributed by atoms with van der Waals surface area (Å²) in [5.41, 5.74) is 2.23. The lowest BCUT2D eigenvalue weighted by Gasteiger charge is -2.32. The van der Waals surface area contributed by atoms with E-state index in [4.69, 9.17) is 4.74 Å². The molecule has 1 aromatic carbocycles. The number of carbonyl (C=O) groups is 1. The first kappa shape index (κ1) is 22.3. The van der Waals surface area contributed by atoms with Crippen LogP contribution in [0.4, 0.5) is 4.79 Å². The van der Waals surface area contributed by atoms with Gasteiger partial charge in [-0.1, -0.05) is 24.3 Å². The van der Waals surface area contributed by atoms with Crippen molar-refractivity contribution in [2.24, 2.45) is 0 Å². The highest BCUT2D eigenvalue weighted by Gasteiger charge is 2.22. The number of nitrogens with one attached hydrogen (secondary N) is 1. The number of aromatic nitrogens is 2. The number of aryl methyl sites for hydroxylation is 1. The highest BCUT2D eigenvalue weighted by molar-refractivity contribution is 5.74. The monoisotopic (exact) mass is 413 g/mol. The van der Waals surface area contributed by atoms with Gasteiger partial charge in [-0.25, -0.2) is 9.78 Å². The third kappa shape index (κ3) is 6.57. The van der Waals surface area contributed by atoms with Gasteiger partial charge in [-0.3, -0.25) is 4.90 Å². The van der Waals surface area contributed by atoms with Crippen LogP contribution in [0.3, 0.4) is 0 Å². The Morgan fingerprint density at radius 2 is 1.97 bits per heavy atom. The lowest BCUT2D eigenvalue weighted by Crippen LogP contribution is -2.50. The van der Waals surface area contributed by atoms with E-state index < -0.39 is 0 Å². The fraction of sp³-hybridized carbons (Fsp3) is 0.565. The van der Waals surface area contributed by atoms with E-state index in [1.54, 1.807) is 0 Å². The van der Waals surface area contributed by atoms with Crippen LogP contribution in [0.1, 0.15) is 37.7 Å². The molecule has 0 bridgehead atoms. The van der Waals surface area contributed by atoms with Crippen LogP contribution in [0.15, 0.2) is 36.7 Å². The zero-order valence-electron chi connectivity index (χ0n) is 18.7. The van der Waals surface area contributed by atoms with Crippen LogP contribution < -0.4 is 5.32 Å². The van der Waals surface area contributed by atoms with Gasteiger partial charge in [0.15, 0.2) is 0 Å². The van der Waals surface area contributed by atoms with E-state index in [0.29, 0.717) is 13.1 Å². The molecule has 1 N–H and O–H groups in total. The van der Waals surface area contributed by atoms with Crippen molar-refractivity contribution >= 4 is 6.03 Å². The van der Waals surface area contributed by atoms with Gasteiger partial charge in [0.25, 0.3) is 0 Å². The van der Waals surface area contributed by atoms with Gasteiger partial charge in [-0.2, -0.15) is 0 Å². The molecule has 7 heteroatoms. The quantitative estimate of drug-likeness (QED) is 0.758. The zero-order valence-corrected chi connectivity index (χ0v) is 18.7. The molecule has 0 unspecified atom stereocenters. The van der Waals surface area contributed by atoms with Crippen molar-refractivity contribution in [1.82, 2.24) is 24.7 Å². The van der Waals surface area contributed by atoms with Gasteiger partial charge in [0.1, 0.15) is 5.82 Å². The summed E-state index contributed by atoms with van der Waals surface area (Å²) in [6, 6.07) is 8.32. The molecule has 164 valence electrons. The Hall–Kier alpha value is -2.38. The van der Waals surface area contributed by atoms with Crippen molar-refractivity contribution in [3.63, 3.8) is 0 Å².